The molecule has 6 heteroatoms. The Morgan fingerprint density at radius 3 is 1.75 bits per heavy atom. The Hall–Kier alpha value is -2.52. The second-order valence-corrected chi connectivity index (χ2v) is 8.28. The second-order valence-electron chi connectivity index (χ2n) is 5.60. The number of aliphatic carboxylic acids is 1. The Labute approximate surface area is 141 Å². The third-order valence-electron chi connectivity index (χ3n) is 4.05. The summed E-state index contributed by atoms with van der Waals surface area (Å²) in [6.45, 7) is 4.97. The number of benzene rings is 2. The molecular formula is C18H19N2O3P. The Bertz CT molecular complexity index is 741. The SMILES string of the molecule is C=C(CC(=O)O)P1(=O)N(c2ccccc2)CCN1c1ccccc1. The van der Waals surface area contributed by atoms with Crippen LogP contribution in [0.5, 0.6) is 0 Å². The van der Waals surface area contributed by atoms with Gasteiger partial charge >= 0.3 is 5.97 Å². The maximum Gasteiger partial charge on any atom is 0.308 e. The number of carboxylic acids is 1. The molecular weight excluding hydrogens is 323 g/mol. The zero-order chi connectivity index (χ0) is 17.2. The number of carbonyl (C=O) groups is 1. The number of carboxylic acid groups (broad SMARTS) is 1. The van der Waals surface area contributed by atoms with Crippen molar-refractivity contribution in [1.82, 2.24) is 0 Å². The first-order valence-corrected chi connectivity index (χ1v) is 9.31. The predicted octanol–water partition coefficient (Wildman–Crippen LogP) is 4.19. The summed E-state index contributed by atoms with van der Waals surface area (Å²) < 4.78 is 17.6. The van der Waals surface area contributed by atoms with Crippen molar-refractivity contribution < 1.29 is 14.5 Å². The van der Waals surface area contributed by atoms with Crippen LogP contribution in [0.25, 0.3) is 0 Å². The van der Waals surface area contributed by atoms with Crippen LogP contribution in [0.2, 0.25) is 0 Å². The third-order valence-corrected chi connectivity index (χ3v) is 7.21. The van der Waals surface area contributed by atoms with Crippen LogP contribution in [-0.2, 0) is 9.36 Å². The van der Waals surface area contributed by atoms with Crippen LogP contribution in [0.4, 0.5) is 11.4 Å². The van der Waals surface area contributed by atoms with E-state index in [0.717, 1.165) is 11.4 Å². The lowest BCUT2D eigenvalue weighted by molar-refractivity contribution is -0.136. The molecule has 0 aromatic heterocycles. The van der Waals surface area contributed by atoms with Crippen LogP contribution in [0.15, 0.2) is 72.6 Å². The lowest BCUT2D eigenvalue weighted by Gasteiger charge is -2.33. The summed E-state index contributed by atoms with van der Waals surface area (Å²) in [7, 11) is -3.29. The largest absolute Gasteiger partial charge is 0.481 e. The molecule has 0 aliphatic carbocycles. The molecule has 1 N–H and O–H groups in total. The first-order valence-electron chi connectivity index (χ1n) is 7.70. The van der Waals surface area contributed by atoms with Crippen molar-refractivity contribution in [2.75, 3.05) is 22.4 Å². The van der Waals surface area contributed by atoms with E-state index < -0.39 is 13.4 Å². The van der Waals surface area contributed by atoms with Gasteiger partial charge in [-0.2, -0.15) is 0 Å². The monoisotopic (exact) mass is 342 g/mol. The number of rotatable bonds is 5. The van der Waals surface area contributed by atoms with Gasteiger partial charge in [-0.1, -0.05) is 43.0 Å². The van der Waals surface area contributed by atoms with E-state index in [-0.39, 0.29) is 11.7 Å². The van der Waals surface area contributed by atoms with Gasteiger partial charge in [0.1, 0.15) is 0 Å². The third kappa shape index (κ3) is 2.83. The number of hydrogen-bond acceptors (Lipinski definition) is 2. The van der Waals surface area contributed by atoms with Crippen molar-refractivity contribution in [3.63, 3.8) is 0 Å². The van der Waals surface area contributed by atoms with E-state index in [2.05, 4.69) is 6.58 Å². The molecule has 1 aliphatic heterocycles. The molecule has 0 bridgehead atoms. The molecule has 2 aromatic carbocycles. The second kappa shape index (κ2) is 6.54. The van der Waals surface area contributed by atoms with Gasteiger partial charge in [-0.05, 0) is 24.3 Å². The molecule has 1 aliphatic rings. The van der Waals surface area contributed by atoms with Gasteiger partial charge in [0, 0.05) is 29.8 Å². The van der Waals surface area contributed by atoms with Crippen LogP contribution in [0, 0.1) is 0 Å². The molecule has 1 saturated heterocycles. The van der Waals surface area contributed by atoms with E-state index in [1.165, 1.54) is 0 Å². The standard InChI is InChI=1S/C18H19N2O3P/c1-15(14-18(21)22)24(23)19(16-8-4-2-5-9-16)12-13-20(24)17-10-6-3-7-11-17/h2-11H,1,12-14H2,(H,21,22). The van der Waals surface area contributed by atoms with Gasteiger partial charge < -0.3 is 14.4 Å². The van der Waals surface area contributed by atoms with Crippen LogP contribution in [0.3, 0.4) is 0 Å². The zero-order valence-electron chi connectivity index (χ0n) is 13.2. The zero-order valence-corrected chi connectivity index (χ0v) is 14.1. The minimum Gasteiger partial charge on any atom is -0.481 e. The lowest BCUT2D eigenvalue weighted by Crippen LogP contribution is -2.21. The predicted molar refractivity (Wildman–Crippen MR) is 96.6 cm³/mol. The molecule has 0 radical (unpaired) electrons. The molecule has 0 spiro atoms. The Balaban J connectivity index is 2.07. The lowest BCUT2D eigenvalue weighted by atomic mass is 10.3. The van der Waals surface area contributed by atoms with Gasteiger partial charge in [-0.15, -0.1) is 0 Å². The quantitative estimate of drug-likeness (QED) is 0.826. The van der Waals surface area contributed by atoms with Crippen molar-refractivity contribution in [2.24, 2.45) is 0 Å². The average molecular weight is 342 g/mol. The number of hydrogen-bond donors (Lipinski definition) is 1. The Morgan fingerprint density at radius 1 is 0.958 bits per heavy atom. The highest BCUT2D eigenvalue weighted by Gasteiger charge is 2.45. The van der Waals surface area contributed by atoms with Crippen molar-refractivity contribution in [3.05, 3.63) is 72.6 Å². The summed E-state index contributed by atoms with van der Waals surface area (Å²) in [5.41, 5.74) is 1.62. The van der Waals surface area contributed by atoms with Crippen LogP contribution < -0.4 is 9.34 Å². The van der Waals surface area contributed by atoms with Crippen LogP contribution in [0.1, 0.15) is 6.42 Å². The molecule has 2 aromatic rings. The summed E-state index contributed by atoms with van der Waals surface area (Å²) in [5.74, 6) is -1.02. The van der Waals surface area contributed by atoms with Crippen molar-refractivity contribution in [1.29, 1.82) is 0 Å². The van der Waals surface area contributed by atoms with Gasteiger partial charge in [0.05, 0.1) is 6.42 Å². The normalized spacial score (nSPS) is 16.2. The summed E-state index contributed by atoms with van der Waals surface area (Å²) >= 11 is 0. The topological polar surface area (TPSA) is 60.9 Å². The highest BCUT2D eigenvalue weighted by atomic mass is 31.2. The molecule has 0 atom stereocenters. The number of para-hydroxylation sites is 2. The summed E-state index contributed by atoms with van der Waals surface area (Å²) in [6.07, 6.45) is -0.316. The van der Waals surface area contributed by atoms with E-state index in [1.807, 2.05) is 60.7 Å². The Morgan fingerprint density at radius 2 is 1.38 bits per heavy atom. The fourth-order valence-corrected chi connectivity index (χ4v) is 5.88. The first kappa shape index (κ1) is 16.3. The average Bonchev–Trinajstić information content (AvgIpc) is 2.94. The summed E-state index contributed by atoms with van der Waals surface area (Å²) in [6, 6.07) is 18.8. The first-order chi connectivity index (χ1) is 11.5. The van der Waals surface area contributed by atoms with E-state index >= 15 is 0 Å². The minimum atomic E-state index is -3.29. The fraction of sp³-hybridized carbons (Fsp3) is 0.167. The molecule has 24 heavy (non-hydrogen) atoms. The van der Waals surface area contributed by atoms with E-state index in [9.17, 15) is 9.36 Å². The van der Waals surface area contributed by atoms with E-state index in [0.29, 0.717) is 13.1 Å². The van der Waals surface area contributed by atoms with Crippen molar-refractivity contribution >= 4 is 24.8 Å². The molecule has 1 heterocycles. The van der Waals surface area contributed by atoms with E-state index in [4.69, 9.17) is 5.11 Å². The highest BCUT2D eigenvalue weighted by molar-refractivity contribution is 7.71. The molecule has 0 saturated carbocycles. The smallest absolute Gasteiger partial charge is 0.308 e. The van der Waals surface area contributed by atoms with Gasteiger partial charge in [0.2, 0.25) is 0 Å². The van der Waals surface area contributed by atoms with Crippen molar-refractivity contribution in [3.8, 4) is 0 Å². The molecule has 0 unspecified atom stereocenters. The molecule has 3 rings (SSSR count). The van der Waals surface area contributed by atoms with Gasteiger partial charge in [-0.3, -0.25) is 9.36 Å². The summed E-state index contributed by atoms with van der Waals surface area (Å²) in [5, 5.41) is 9.39. The molecule has 5 nitrogen and oxygen atoms in total. The van der Waals surface area contributed by atoms with Gasteiger partial charge in [-0.25, -0.2) is 0 Å². The van der Waals surface area contributed by atoms with Gasteiger partial charge in [0.15, 0.2) is 0 Å². The van der Waals surface area contributed by atoms with Crippen molar-refractivity contribution in [2.45, 2.75) is 6.42 Å². The molecule has 1 fully saturated rings. The highest BCUT2D eigenvalue weighted by Crippen LogP contribution is 2.65. The number of nitrogens with zero attached hydrogens (tertiary/aromatic N) is 2. The molecule has 0 amide bonds. The minimum absolute atomic E-state index is 0.236. The fourth-order valence-electron chi connectivity index (χ4n) is 2.98. The van der Waals surface area contributed by atoms with Crippen LogP contribution >= 0.6 is 7.44 Å². The maximum absolute atomic E-state index is 14.0. The van der Waals surface area contributed by atoms with E-state index in [1.54, 1.807) is 9.34 Å². The maximum atomic E-state index is 14.0. The van der Waals surface area contributed by atoms with Gasteiger partial charge in [0.25, 0.3) is 7.44 Å². The Kier molecular flexibility index (Phi) is 4.45. The number of anilines is 2. The summed E-state index contributed by atoms with van der Waals surface area (Å²) in [4.78, 5) is 11.2. The van der Waals surface area contributed by atoms with Crippen LogP contribution in [-0.4, -0.2) is 24.2 Å². The molecule has 124 valence electrons.